The normalized spacial score (nSPS) is 18.6. The second-order valence-corrected chi connectivity index (χ2v) is 11.2. The van der Waals surface area contributed by atoms with Crippen LogP contribution in [0.5, 0.6) is 5.75 Å². The maximum Gasteiger partial charge on any atom is 0.254 e. The molecule has 43 heavy (non-hydrogen) atoms. The van der Waals surface area contributed by atoms with Crippen LogP contribution in [-0.2, 0) is 11.2 Å². The molecular weight excluding hydrogens is 549 g/mol. The summed E-state index contributed by atoms with van der Waals surface area (Å²) in [5, 5.41) is 6.15. The summed E-state index contributed by atoms with van der Waals surface area (Å²) in [4.78, 5) is 43.1. The van der Waals surface area contributed by atoms with Crippen molar-refractivity contribution in [1.29, 1.82) is 0 Å². The molecule has 3 amide bonds. The lowest BCUT2D eigenvalue weighted by molar-refractivity contribution is -0.115. The van der Waals surface area contributed by atoms with Crippen LogP contribution < -0.4 is 26.0 Å². The minimum absolute atomic E-state index is 0.0730. The van der Waals surface area contributed by atoms with Gasteiger partial charge in [0.1, 0.15) is 11.6 Å². The topological polar surface area (TPSA) is 117 Å². The largest absolute Gasteiger partial charge is 0.497 e. The molecule has 10 heteroatoms. The number of ether oxygens (including phenoxy) is 1. The maximum absolute atomic E-state index is 13.7. The molecule has 2 fully saturated rings. The zero-order chi connectivity index (χ0) is 30.3. The van der Waals surface area contributed by atoms with Crippen molar-refractivity contribution < 1.29 is 23.5 Å². The van der Waals surface area contributed by atoms with Gasteiger partial charge >= 0.3 is 0 Å². The van der Waals surface area contributed by atoms with Crippen molar-refractivity contribution in [2.45, 2.75) is 44.2 Å². The van der Waals surface area contributed by atoms with E-state index in [2.05, 4.69) is 15.5 Å². The van der Waals surface area contributed by atoms with Gasteiger partial charge in [-0.1, -0.05) is 18.2 Å². The first-order chi connectivity index (χ1) is 20.8. The fourth-order valence-electron chi connectivity index (χ4n) is 5.66. The van der Waals surface area contributed by atoms with E-state index in [1.807, 2.05) is 30.3 Å². The highest BCUT2D eigenvalue weighted by Gasteiger charge is 2.26. The summed E-state index contributed by atoms with van der Waals surface area (Å²) in [5.41, 5.74) is 8.92. The first kappa shape index (κ1) is 30.0. The lowest BCUT2D eigenvalue weighted by atomic mass is 9.91. The molecule has 9 nitrogen and oxygen atoms in total. The van der Waals surface area contributed by atoms with Gasteiger partial charge < -0.3 is 30.9 Å². The number of hydrogen-bond donors (Lipinski definition) is 3. The van der Waals surface area contributed by atoms with E-state index < -0.39 is 5.82 Å². The molecule has 0 bridgehead atoms. The number of benzene rings is 3. The van der Waals surface area contributed by atoms with Crippen LogP contribution in [0.25, 0.3) is 0 Å². The van der Waals surface area contributed by atoms with E-state index in [4.69, 9.17) is 10.5 Å². The van der Waals surface area contributed by atoms with Crippen molar-refractivity contribution in [1.82, 2.24) is 10.2 Å². The third-order valence-corrected chi connectivity index (χ3v) is 8.14. The second-order valence-electron chi connectivity index (χ2n) is 11.2. The van der Waals surface area contributed by atoms with E-state index in [1.54, 1.807) is 30.2 Å². The van der Waals surface area contributed by atoms with Gasteiger partial charge in [0.15, 0.2) is 0 Å². The Morgan fingerprint density at radius 2 is 1.63 bits per heavy atom. The Balaban J connectivity index is 1.31. The predicted molar refractivity (Wildman–Crippen MR) is 164 cm³/mol. The molecule has 4 N–H and O–H groups in total. The smallest absolute Gasteiger partial charge is 0.254 e. The number of rotatable bonds is 8. The van der Waals surface area contributed by atoms with E-state index in [0.29, 0.717) is 48.7 Å². The Kier molecular flexibility index (Phi) is 9.56. The van der Waals surface area contributed by atoms with Gasteiger partial charge in [-0.05, 0) is 79.8 Å². The standard InChI is InChI=1S/C33H38FN5O4/c1-43-28-12-5-22(6-13-28)19-31(40)37-29-21-23(32(41)36-27-10-8-26(35)9-11-27)7-14-30(29)38-15-17-39(18-16-38)33(42)24-3-2-4-25(34)20-24/h2-7,12-14,20-21,26-27H,8-11,15-19,35H2,1H3,(H,36,41)(H,37,40). The number of halogens is 1. The zero-order valence-corrected chi connectivity index (χ0v) is 24.4. The van der Waals surface area contributed by atoms with Crippen molar-refractivity contribution in [3.8, 4) is 5.75 Å². The van der Waals surface area contributed by atoms with Gasteiger partial charge in [0.05, 0.1) is 24.9 Å². The minimum Gasteiger partial charge on any atom is -0.497 e. The molecule has 0 spiro atoms. The molecule has 0 atom stereocenters. The molecule has 226 valence electrons. The molecule has 1 aliphatic heterocycles. The van der Waals surface area contributed by atoms with Crippen molar-refractivity contribution in [2.24, 2.45) is 5.73 Å². The SMILES string of the molecule is COc1ccc(CC(=O)Nc2cc(C(=O)NC3CCC(N)CC3)ccc2N2CCN(C(=O)c3cccc(F)c3)CC2)cc1. The van der Waals surface area contributed by atoms with Gasteiger partial charge in [0, 0.05) is 49.4 Å². The molecule has 1 saturated carbocycles. The van der Waals surface area contributed by atoms with E-state index in [0.717, 1.165) is 36.9 Å². The molecule has 1 saturated heterocycles. The quantitative estimate of drug-likeness (QED) is 0.367. The van der Waals surface area contributed by atoms with Crippen LogP contribution >= 0.6 is 0 Å². The fourth-order valence-corrected chi connectivity index (χ4v) is 5.66. The zero-order valence-electron chi connectivity index (χ0n) is 24.4. The molecule has 3 aromatic carbocycles. The molecule has 1 aliphatic carbocycles. The lowest BCUT2D eigenvalue weighted by Crippen LogP contribution is -2.49. The van der Waals surface area contributed by atoms with Gasteiger partial charge in [-0.2, -0.15) is 0 Å². The summed E-state index contributed by atoms with van der Waals surface area (Å²) >= 11 is 0. The van der Waals surface area contributed by atoms with Crippen LogP contribution in [-0.4, -0.2) is 68.0 Å². The monoisotopic (exact) mass is 587 g/mol. The number of amides is 3. The van der Waals surface area contributed by atoms with Crippen molar-refractivity contribution in [2.75, 3.05) is 43.5 Å². The molecule has 2 aliphatic rings. The summed E-state index contributed by atoms with van der Waals surface area (Å²) in [5.74, 6) is -0.368. The lowest BCUT2D eigenvalue weighted by Gasteiger charge is -2.37. The highest BCUT2D eigenvalue weighted by Crippen LogP contribution is 2.29. The first-order valence-electron chi connectivity index (χ1n) is 14.7. The third-order valence-electron chi connectivity index (χ3n) is 8.14. The number of nitrogens with zero attached hydrogens (tertiary/aromatic N) is 2. The highest BCUT2D eigenvalue weighted by molar-refractivity contribution is 6.00. The van der Waals surface area contributed by atoms with Gasteiger partial charge in [-0.25, -0.2) is 4.39 Å². The molecule has 0 radical (unpaired) electrons. The van der Waals surface area contributed by atoms with Crippen LogP contribution in [0.4, 0.5) is 15.8 Å². The maximum atomic E-state index is 13.7. The number of carbonyl (C=O) groups excluding carboxylic acids is 3. The van der Waals surface area contributed by atoms with Gasteiger partial charge in [-0.15, -0.1) is 0 Å². The van der Waals surface area contributed by atoms with Crippen LogP contribution in [0.2, 0.25) is 0 Å². The Morgan fingerprint density at radius 1 is 0.907 bits per heavy atom. The number of methoxy groups -OCH3 is 1. The van der Waals surface area contributed by atoms with E-state index in [-0.39, 0.29) is 36.2 Å². The van der Waals surface area contributed by atoms with Gasteiger partial charge in [-0.3, -0.25) is 14.4 Å². The highest BCUT2D eigenvalue weighted by atomic mass is 19.1. The molecule has 5 rings (SSSR count). The average Bonchev–Trinajstić information content (AvgIpc) is 3.02. The van der Waals surface area contributed by atoms with E-state index >= 15 is 0 Å². The predicted octanol–water partition coefficient (Wildman–Crippen LogP) is 3.98. The molecule has 3 aromatic rings. The van der Waals surface area contributed by atoms with Crippen LogP contribution in [0.1, 0.15) is 52.0 Å². The Morgan fingerprint density at radius 3 is 2.30 bits per heavy atom. The Bertz CT molecular complexity index is 1450. The molecule has 0 unspecified atom stereocenters. The number of nitrogens with two attached hydrogens (primary N) is 1. The summed E-state index contributed by atoms with van der Waals surface area (Å²) in [6.45, 7) is 1.88. The van der Waals surface area contributed by atoms with Crippen LogP contribution in [0, 0.1) is 5.82 Å². The van der Waals surface area contributed by atoms with E-state index in [1.165, 1.54) is 18.2 Å². The molecular formula is C33H38FN5O4. The average molecular weight is 588 g/mol. The number of carbonyl (C=O) groups is 3. The summed E-state index contributed by atoms with van der Waals surface area (Å²) in [6, 6.07) is 18.6. The van der Waals surface area contributed by atoms with Gasteiger partial charge in [0.25, 0.3) is 11.8 Å². The number of nitrogens with one attached hydrogen (secondary N) is 2. The van der Waals surface area contributed by atoms with Crippen LogP contribution in [0.3, 0.4) is 0 Å². The number of anilines is 2. The van der Waals surface area contributed by atoms with Crippen molar-refractivity contribution in [3.63, 3.8) is 0 Å². The molecule has 0 aromatic heterocycles. The second kappa shape index (κ2) is 13.7. The Hall–Kier alpha value is -4.44. The summed E-state index contributed by atoms with van der Waals surface area (Å²) in [7, 11) is 1.59. The van der Waals surface area contributed by atoms with Crippen molar-refractivity contribution in [3.05, 3.63) is 89.2 Å². The molecule has 1 heterocycles. The van der Waals surface area contributed by atoms with Gasteiger partial charge in [0.2, 0.25) is 5.91 Å². The number of hydrogen-bond acceptors (Lipinski definition) is 6. The number of piperazine rings is 1. The summed E-state index contributed by atoms with van der Waals surface area (Å²) < 4.78 is 18.9. The minimum atomic E-state index is -0.448. The Labute approximate surface area is 251 Å². The van der Waals surface area contributed by atoms with E-state index in [9.17, 15) is 18.8 Å². The third kappa shape index (κ3) is 7.70. The van der Waals surface area contributed by atoms with Crippen molar-refractivity contribution >= 4 is 29.1 Å². The fraction of sp³-hybridized carbons (Fsp3) is 0.364. The first-order valence-corrected chi connectivity index (χ1v) is 14.7. The van der Waals surface area contributed by atoms with Crippen LogP contribution in [0.15, 0.2) is 66.7 Å². The summed E-state index contributed by atoms with van der Waals surface area (Å²) in [6.07, 6.45) is 3.59.